The van der Waals surface area contributed by atoms with Crippen molar-refractivity contribution in [2.24, 2.45) is 0 Å². The summed E-state index contributed by atoms with van der Waals surface area (Å²) in [7, 11) is 0. The van der Waals surface area contributed by atoms with Gasteiger partial charge in [0.15, 0.2) is 0 Å². The summed E-state index contributed by atoms with van der Waals surface area (Å²) in [6.45, 7) is 6.58. The van der Waals surface area contributed by atoms with Gasteiger partial charge in [-0.2, -0.15) is 0 Å². The summed E-state index contributed by atoms with van der Waals surface area (Å²) in [5.41, 5.74) is 5.14. The van der Waals surface area contributed by atoms with Gasteiger partial charge in [0.25, 0.3) is 0 Å². The van der Waals surface area contributed by atoms with Gasteiger partial charge in [-0.3, -0.25) is 4.98 Å². The molecule has 3 rings (SSSR count). The molecule has 1 unspecified atom stereocenters. The molecule has 1 nitrogen and oxygen atoms in total. The highest BCUT2D eigenvalue weighted by atomic mass is 32.2. The van der Waals surface area contributed by atoms with E-state index in [0.717, 1.165) is 5.52 Å². The van der Waals surface area contributed by atoms with Crippen LogP contribution < -0.4 is 0 Å². The Hall–Kier alpha value is -1.02. The number of aromatic nitrogens is 1. The van der Waals surface area contributed by atoms with Crippen LogP contribution in [-0.4, -0.2) is 10.2 Å². The number of thioether (sulfide) groups is 1. The highest BCUT2D eigenvalue weighted by molar-refractivity contribution is 8.00. The van der Waals surface area contributed by atoms with E-state index in [1.54, 1.807) is 0 Å². The molecule has 0 saturated carbocycles. The normalized spacial score (nSPS) is 19.1. The summed E-state index contributed by atoms with van der Waals surface area (Å²) in [6, 6.07) is 6.55. The molecule has 1 aromatic heterocycles. The van der Waals surface area contributed by atoms with Crippen molar-refractivity contribution < 1.29 is 0 Å². The highest BCUT2D eigenvalue weighted by Crippen LogP contribution is 2.42. The van der Waals surface area contributed by atoms with Crippen molar-refractivity contribution in [3.05, 3.63) is 35.0 Å². The Labute approximate surface area is 100 Å². The predicted octanol–water partition coefficient (Wildman–Crippen LogP) is 3.89. The maximum Gasteiger partial charge on any atom is 0.0716 e. The number of nitrogens with zero attached hydrogens (tertiary/aromatic N) is 1. The lowest BCUT2D eigenvalue weighted by Gasteiger charge is -2.07. The van der Waals surface area contributed by atoms with Gasteiger partial charge < -0.3 is 0 Å². The van der Waals surface area contributed by atoms with E-state index in [2.05, 4.69) is 39.0 Å². The molecule has 0 N–H and O–H groups in total. The van der Waals surface area contributed by atoms with Crippen LogP contribution in [0.3, 0.4) is 0 Å². The highest BCUT2D eigenvalue weighted by Gasteiger charge is 2.23. The molecule has 16 heavy (non-hydrogen) atoms. The summed E-state index contributed by atoms with van der Waals surface area (Å²) in [6.07, 6.45) is 1.17. The molecule has 0 saturated heterocycles. The summed E-state index contributed by atoms with van der Waals surface area (Å²) >= 11 is 2.00. The van der Waals surface area contributed by atoms with Gasteiger partial charge in [0, 0.05) is 21.2 Å². The number of aryl methyl sites for hydroxylation is 2. The van der Waals surface area contributed by atoms with Crippen molar-refractivity contribution in [2.75, 3.05) is 0 Å². The molecular formula is C14H15NS. The second-order valence-corrected chi connectivity index (χ2v) is 6.11. The van der Waals surface area contributed by atoms with Crippen LogP contribution in [0, 0.1) is 13.8 Å². The van der Waals surface area contributed by atoms with Gasteiger partial charge in [-0.1, -0.05) is 18.6 Å². The van der Waals surface area contributed by atoms with Crippen LogP contribution in [0.1, 0.15) is 23.7 Å². The van der Waals surface area contributed by atoms with Crippen LogP contribution in [0.2, 0.25) is 0 Å². The molecule has 0 spiro atoms. The van der Waals surface area contributed by atoms with Crippen molar-refractivity contribution in [2.45, 2.75) is 37.3 Å². The van der Waals surface area contributed by atoms with Gasteiger partial charge in [0.05, 0.1) is 5.52 Å². The molecule has 0 radical (unpaired) electrons. The molecule has 1 aliphatic heterocycles. The van der Waals surface area contributed by atoms with Crippen molar-refractivity contribution in [1.82, 2.24) is 4.98 Å². The average Bonchev–Trinajstić information content (AvgIpc) is 2.62. The van der Waals surface area contributed by atoms with E-state index in [9.17, 15) is 0 Å². The molecule has 1 aromatic carbocycles. The van der Waals surface area contributed by atoms with Crippen molar-refractivity contribution in [3.63, 3.8) is 0 Å². The number of rotatable bonds is 0. The number of fused-ring (bicyclic) bond motifs is 3. The minimum absolute atomic E-state index is 0.696. The Kier molecular flexibility index (Phi) is 2.21. The Morgan fingerprint density at radius 1 is 1.31 bits per heavy atom. The van der Waals surface area contributed by atoms with Gasteiger partial charge in [-0.15, -0.1) is 11.8 Å². The molecule has 1 atom stereocenters. The fourth-order valence-electron chi connectivity index (χ4n) is 2.41. The predicted molar refractivity (Wildman–Crippen MR) is 70.2 cm³/mol. The molecular weight excluding hydrogens is 214 g/mol. The zero-order chi connectivity index (χ0) is 11.3. The van der Waals surface area contributed by atoms with Crippen molar-refractivity contribution >= 4 is 22.7 Å². The van der Waals surface area contributed by atoms with E-state index in [4.69, 9.17) is 4.98 Å². The van der Waals surface area contributed by atoms with E-state index in [0.29, 0.717) is 5.25 Å². The first-order valence-electron chi connectivity index (χ1n) is 5.71. The second kappa shape index (κ2) is 3.49. The van der Waals surface area contributed by atoms with Crippen LogP contribution in [0.25, 0.3) is 10.9 Å². The third-order valence-corrected chi connectivity index (χ3v) is 4.48. The SMILES string of the molecule is Cc1ccc2nc(C)c3c(c2c1)SC(C)C3. The number of hydrogen-bond donors (Lipinski definition) is 0. The molecule has 0 amide bonds. The Morgan fingerprint density at radius 2 is 2.12 bits per heavy atom. The zero-order valence-electron chi connectivity index (χ0n) is 9.87. The molecule has 0 fully saturated rings. The monoisotopic (exact) mass is 229 g/mol. The Balaban J connectivity index is 2.38. The zero-order valence-corrected chi connectivity index (χ0v) is 10.7. The fraction of sp³-hybridized carbons (Fsp3) is 0.357. The Bertz CT molecular complexity index is 574. The lowest BCUT2D eigenvalue weighted by molar-refractivity contribution is 0.936. The maximum absolute atomic E-state index is 4.71. The van der Waals surface area contributed by atoms with Crippen LogP contribution in [0.4, 0.5) is 0 Å². The van der Waals surface area contributed by atoms with Crippen LogP contribution in [0.5, 0.6) is 0 Å². The maximum atomic E-state index is 4.71. The van der Waals surface area contributed by atoms with E-state index < -0.39 is 0 Å². The minimum atomic E-state index is 0.696. The summed E-state index contributed by atoms with van der Waals surface area (Å²) < 4.78 is 0. The third kappa shape index (κ3) is 1.44. The van der Waals surface area contributed by atoms with Crippen LogP contribution >= 0.6 is 11.8 Å². The first-order valence-corrected chi connectivity index (χ1v) is 6.59. The van der Waals surface area contributed by atoms with Crippen LogP contribution in [-0.2, 0) is 6.42 Å². The molecule has 2 heterocycles. The summed E-state index contributed by atoms with van der Waals surface area (Å²) in [5, 5.41) is 2.04. The minimum Gasteiger partial charge on any atom is -0.253 e. The van der Waals surface area contributed by atoms with Gasteiger partial charge in [-0.25, -0.2) is 0 Å². The van der Waals surface area contributed by atoms with E-state index in [-0.39, 0.29) is 0 Å². The number of pyridine rings is 1. The first-order chi connectivity index (χ1) is 7.65. The second-order valence-electron chi connectivity index (χ2n) is 4.66. The molecule has 2 heteroatoms. The number of benzene rings is 1. The third-order valence-electron chi connectivity index (χ3n) is 3.21. The molecule has 0 bridgehead atoms. The van der Waals surface area contributed by atoms with Gasteiger partial charge in [-0.05, 0) is 38.0 Å². The van der Waals surface area contributed by atoms with Gasteiger partial charge in [0.1, 0.15) is 0 Å². The molecule has 0 aliphatic carbocycles. The first kappa shape index (κ1) is 10.2. The van der Waals surface area contributed by atoms with Gasteiger partial charge in [0.2, 0.25) is 0 Å². The van der Waals surface area contributed by atoms with E-state index >= 15 is 0 Å². The average molecular weight is 229 g/mol. The smallest absolute Gasteiger partial charge is 0.0716 e. The standard InChI is InChI=1S/C14H15NS/c1-8-4-5-13-12(6-8)14-11(10(3)15-13)7-9(2)16-14/h4-6,9H,7H2,1-3H3. The Morgan fingerprint density at radius 3 is 2.94 bits per heavy atom. The number of hydrogen-bond acceptors (Lipinski definition) is 2. The van der Waals surface area contributed by atoms with Crippen molar-refractivity contribution in [3.8, 4) is 0 Å². The fourth-order valence-corrected chi connectivity index (χ4v) is 3.73. The molecule has 2 aromatic rings. The lowest BCUT2D eigenvalue weighted by Crippen LogP contribution is -1.96. The topological polar surface area (TPSA) is 12.9 Å². The van der Waals surface area contributed by atoms with Crippen molar-refractivity contribution in [1.29, 1.82) is 0 Å². The van der Waals surface area contributed by atoms with Crippen LogP contribution in [0.15, 0.2) is 23.1 Å². The lowest BCUT2D eigenvalue weighted by atomic mass is 10.0. The summed E-state index contributed by atoms with van der Waals surface area (Å²) in [4.78, 5) is 6.18. The quantitative estimate of drug-likeness (QED) is 0.679. The van der Waals surface area contributed by atoms with E-state index in [1.165, 1.54) is 33.5 Å². The molecule has 1 aliphatic rings. The summed E-state index contributed by atoms with van der Waals surface area (Å²) in [5.74, 6) is 0. The van der Waals surface area contributed by atoms with Gasteiger partial charge >= 0.3 is 0 Å². The molecule has 82 valence electrons. The van der Waals surface area contributed by atoms with E-state index in [1.807, 2.05) is 11.8 Å². The largest absolute Gasteiger partial charge is 0.253 e.